The van der Waals surface area contributed by atoms with Crippen molar-refractivity contribution in [1.82, 2.24) is 10.6 Å². The van der Waals surface area contributed by atoms with Gasteiger partial charge in [0, 0.05) is 12.6 Å². The van der Waals surface area contributed by atoms with Gasteiger partial charge >= 0.3 is 0 Å². The number of hydrogen-bond acceptors (Lipinski definition) is 2. The zero-order chi connectivity index (χ0) is 13.0. The van der Waals surface area contributed by atoms with E-state index in [-0.39, 0.29) is 5.91 Å². The molecule has 3 nitrogen and oxygen atoms in total. The minimum Gasteiger partial charge on any atom is -0.355 e. The predicted molar refractivity (Wildman–Crippen MR) is 73.5 cm³/mol. The molecule has 0 heterocycles. The minimum absolute atomic E-state index is 0.0953. The first-order valence-corrected chi connectivity index (χ1v) is 6.80. The average Bonchev–Trinajstić information content (AvgIpc) is 2.76. The van der Waals surface area contributed by atoms with E-state index in [0.717, 1.165) is 25.8 Å². The van der Waals surface area contributed by atoms with Crippen molar-refractivity contribution in [3.8, 4) is 0 Å². The van der Waals surface area contributed by atoms with Crippen molar-refractivity contribution in [2.45, 2.75) is 39.2 Å². The second-order valence-electron chi connectivity index (χ2n) is 5.02. The van der Waals surface area contributed by atoms with Gasteiger partial charge in [-0.15, -0.1) is 0 Å². The van der Waals surface area contributed by atoms with E-state index in [9.17, 15) is 4.79 Å². The molecule has 2 N–H and O–H groups in total. The Balaban J connectivity index is 1.89. The normalized spacial score (nSPS) is 17.6. The van der Waals surface area contributed by atoms with Crippen molar-refractivity contribution in [2.24, 2.45) is 0 Å². The molecule has 0 fully saturated rings. The Morgan fingerprint density at radius 2 is 2.28 bits per heavy atom. The Morgan fingerprint density at radius 3 is 3.06 bits per heavy atom. The van der Waals surface area contributed by atoms with Crippen LogP contribution in [-0.2, 0) is 11.2 Å². The molecule has 3 heteroatoms. The van der Waals surface area contributed by atoms with Crippen LogP contribution in [0.4, 0.5) is 0 Å². The third kappa shape index (κ3) is 3.10. The molecule has 0 saturated carbocycles. The average molecular weight is 246 g/mol. The molecule has 1 aromatic rings. The molecule has 1 unspecified atom stereocenters. The summed E-state index contributed by atoms with van der Waals surface area (Å²) < 4.78 is 0. The first-order chi connectivity index (χ1) is 8.70. The van der Waals surface area contributed by atoms with Crippen molar-refractivity contribution < 1.29 is 4.79 Å². The first kappa shape index (κ1) is 13.1. The number of hydrogen-bond donors (Lipinski definition) is 2. The number of carbonyl (C=O) groups excluding carboxylic acids is 1. The van der Waals surface area contributed by atoms with E-state index >= 15 is 0 Å². The van der Waals surface area contributed by atoms with Crippen molar-refractivity contribution >= 4 is 5.91 Å². The maximum atomic E-state index is 11.6. The van der Waals surface area contributed by atoms with Crippen LogP contribution in [0.3, 0.4) is 0 Å². The first-order valence-electron chi connectivity index (χ1n) is 6.80. The second kappa shape index (κ2) is 6.01. The fraction of sp³-hybridized carbons (Fsp3) is 0.533. The maximum absolute atomic E-state index is 11.6. The summed E-state index contributed by atoms with van der Waals surface area (Å²) >= 11 is 0. The number of amides is 1. The molecule has 1 amide bonds. The number of rotatable bonds is 5. The van der Waals surface area contributed by atoms with Gasteiger partial charge in [-0.1, -0.05) is 30.7 Å². The molecule has 0 radical (unpaired) electrons. The smallest absolute Gasteiger partial charge is 0.233 e. The molecule has 0 aromatic heterocycles. The van der Waals surface area contributed by atoms with Gasteiger partial charge in [0.2, 0.25) is 5.91 Å². The molecular weight excluding hydrogens is 224 g/mol. The van der Waals surface area contributed by atoms with Gasteiger partial charge in [0.25, 0.3) is 0 Å². The lowest BCUT2D eigenvalue weighted by molar-refractivity contribution is -0.120. The monoisotopic (exact) mass is 246 g/mol. The van der Waals surface area contributed by atoms with Crippen molar-refractivity contribution in [3.63, 3.8) is 0 Å². The summed E-state index contributed by atoms with van der Waals surface area (Å²) in [5, 5.41) is 6.25. The fourth-order valence-electron chi connectivity index (χ4n) is 2.48. The van der Waals surface area contributed by atoms with Crippen LogP contribution in [0.15, 0.2) is 18.2 Å². The number of nitrogens with one attached hydrogen (secondary N) is 2. The highest BCUT2D eigenvalue weighted by Gasteiger charge is 2.22. The van der Waals surface area contributed by atoms with Gasteiger partial charge in [0.1, 0.15) is 0 Å². The van der Waals surface area contributed by atoms with Gasteiger partial charge in [0.15, 0.2) is 0 Å². The van der Waals surface area contributed by atoms with Gasteiger partial charge in [-0.3, -0.25) is 4.79 Å². The molecule has 18 heavy (non-hydrogen) atoms. The van der Waals surface area contributed by atoms with E-state index in [1.807, 2.05) is 0 Å². The zero-order valence-corrected chi connectivity index (χ0v) is 11.3. The van der Waals surface area contributed by atoms with Gasteiger partial charge in [-0.2, -0.15) is 0 Å². The van der Waals surface area contributed by atoms with Crippen molar-refractivity contribution in [2.75, 3.05) is 13.1 Å². The maximum Gasteiger partial charge on any atom is 0.233 e. The lowest BCUT2D eigenvalue weighted by Crippen LogP contribution is -2.35. The molecule has 1 atom stereocenters. The molecule has 0 saturated heterocycles. The highest BCUT2D eigenvalue weighted by atomic mass is 16.1. The third-order valence-electron chi connectivity index (χ3n) is 3.46. The highest BCUT2D eigenvalue weighted by Crippen LogP contribution is 2.31. The number of benzene rings is 1. The Labute approximate surface area is 109 Å². The van der Waals surface area contributed by atoms with E-state index in [1.54, 1.807) is 0 Å². The van der Waals surface area contributed by atoms with Gasteiger partial charge in [-0.05, 0) is 37.3 Å². The lowest BCUT2D eigenvalue weighted by atomic mass is 10.1. The topological polar surface area (TPSA) is 41.1 Å². The Hall–Kier alpha value is -1.35. The van der Waals surface area contributed by atoms with E-state index in [0.29, 0.717) is 12.6 Å². The van der Waals surface area contributed by atoms with Crippen LogP contribution < -0.4 is 10.6 Å². The second-order valence-corrected chi connectivity index (χ2v) is 5.02. The zero-order valence-electron chi connectivity index (χ0n) is 11.3. The third-order valence-corrected chi connectivity index (χ3v) is 3.46. The summed E-state index contributed by atoms with van der Waals surface area (Å²) in [6.45, 7) is 5.35. The standard InChI is InChI=1S/C15H22N2O/c1-3-8-16-15(18)10-17-14-7-6-12-5-4-11(2)9-13(12)14/h4-5,9,14,17H,3,6-8,10H2,1-2H3,(H,16,18). The van der Waals surface area contributed by atoms with Crippen LogP contribution in [0.1, 0.15) is 42.5 Å². The van der Waals surface area contributed by atoms with Crippen LogP contribution in [0.25, 0.3) is 0 Å². The van der Waals surface area contributed by atoms with E-state index in [4.69, 9.17) is 0 Å². The SMILES string of the molecule is CCCNC(=O)CNC1CCc2ccc(C)cc21. The number of fused-ring (bicyclic) bond motifs is 1. The largest absolute Gasteiger partial charge is 0.355 e. The molecule has 1 aromatic carbocycles. The van der Waals surface area contributed by atoms with E-state index in [2.05, 4.69) is 42.7 Å². The molecular formula is C15H22N2O. The Bertz CT molecular complexity index is 429. The van der Waals surface area contributed by atoms with Crippen molar-refractivity contribution in [1.29, 1.82) is 0 Å². The summed E-state index contributed by atoms with van der Waals surface area (Å²) in [6, 6.07) is 6.95. The Morgan fingerprint density at radius 1 is 1.44 bits per heavy atom. The summed E-state index contributed by atoms with van der Waals surface area (Å²) in [6.07, 6.45) is 3.20. The van der Waals surface area contributed by atoms with Crippen LogP contribution >= 0.6 is 0 Å². The summed E-state index contributed by atoms with van der Waals surface area (Å²) in [4.78, 5) is 11.6. The van der Waals surface area contributed by atoms with Crippen LogP contribution in [0, 0.1) is 6.92 Å². The summed E-state index contributed by atoms with van der Waals surface area (Å²) in [5.41, 5.74) is 4.09. The Kier molecular flexibility index (Phi) is 4.37. The molecule has 98 valence electrons. The van der Waals surface area contributed by atoms with Crippen molar-refractivity contribution in [3.05, 3.63) is 34.9 Å². The van der Waals surface area contributed by atoms with Gasteiger partial charge < -0.3 is 10.6 Å². The minimum atomic E-state index is 0.0953. The van der Waals surface area contributed by atoms with Gasteiger partial charge in [0.05, 0.1) is 6.54 Å². The number of carbonyl (C=O) groups is 1. The van der Waals surface area contributed by atoms with E-state index in [1.165, 1.54) is 16.7 Å². The summed E-state index contributed by atoms with van der Waals surface area (Å²) in [5.74, 6) is 0.0953. The molecule has 2 rings (SSSR count). The molecule has 1 aliphatic rings. The van der Waals surface area contributed by atoms with Crippen LogP contribution in [0.5, 0.6) is 0 Å². The molecule has 0 spiro atoms. The molecule has 0 bridgehead atoms. The van der Waals surface area contributed by atoms with Crippen LogP contribution in [0.2, 0.25) is 0 Å². The van der Waals surface area contributed by atoms with Crippen LogP contribution in [-0.4, -0.2) is 19.0 Å². The van der Waals surface area contributed by atoms with E-state index < -0.39 is 0 Å². The quantitative estimate of drug-likeness (QED) is 0.835. The fourth-order valence-corrected chi connectivity index (χ4v) is 2.48. The predicted octanol–water partition coefficient (Wildman–Crippen LogP) is 2.10. The number of aryl methyl sites for hydroxylation is 2. The summed E-state index contributed by atoms with van der Waals surface area (Å²) in [7, 11) is 0. The molecule has 1 aliphatic carbocycles. The molecule has 0 aliphatic heterocycles. The lowest BCUT2D eigenvalue weighted by Gasteiger charge is -2.14. The van der Waals surface area contributed by atoms with Gasteiger partial charge in [-0.25, -0.2) is 0 Å². The highest BCUT2D eigenvalue weighted by molar-refractivity contribution is 5.78.